The van der Waals surface area contributed by atoms with E-state index in [2.05, 4.69) is 126 Å². The summed E-state index contributed by atoms with van der Waals surface area (Å²) < 4.78 is 1.22. The molecule has 0 saturated carbocycles. The van der Waals surface area contributed by atoms with Crippen molar-refractivity contribution in [3.05, 3.63) is 103 Å². The molecule has 0 fully saturated rings. The van der Waals surface area contributed by atoms with Gasteiger partial charge in [0.1, 0.15) is 23.2 Å². The van der Waals surface area contributed by atoms with E-state index in [-0.39, 0.29) is 12.4 Å². The summed E-state index contributed by atoms with van der Waals surface area (Å²) in [6.45, 7) is 0. The summed E-state index contributed by atoms with van der Waals surface area (Å²) in [6, 6.07) is 33.3. The molecular weight excluding hydrogens is 482 g/mol. The fourth-order valence-corrected chi connectivity index (χ4v) is 7.83. The van der Waals surface area contributed by atoms with Crippen molar-refractivity contribution in [2.75, 3.05) is 10.6 Å². The van der Waals surface area contributed by atoms with E-state index in [0.717, 1.165) is 6.16 Å². The lowest BCUT2D eigenvalue weighted by atomic mass is 10.3. The van der Waals surface area contributed by atoms with Crippen molar-refractivity contribution in [1.29, 1.82) is 0 Å². The Kier molecular flexibility index (Phi) is 9.54. The maximum absolute atomic E-state index is 2.46. The van der Waals surface area contributed by atoms with Crippen molar-refractivity contribution in [3.8, 4) is 0 Å². The molecule has 3 rings (SSSR count). The lowest BCUT2D eigenvalue weighted by molar-refractivity contribution is -0.00000495. The molecule has 3 aromatic rings. The maximum atomic E-state index is 2.46. The molecule has 0 radical (unpaired) electrons. The molecule has 3 aromatic carbocycles. The Hall–Kier alpha value is -1.15. The van der Waals surface area contributed by atoms with E-state index in [0.29, 0.717) is 0 Å². The van der Waals surface area contributed by atoms with Gasteiger partial charge < -0.3 is 12.4 Å². The van der Waals surface area contributed by atoms with Crippen molar-refractivity contribution < 1.29 is 12.4 Å². The first-order chi connectivity index (χ1) is 12.9. The largest absolute Gasteiger partial charge is 1.00 e. The zero-order valence-corrected chi connectivity index (χ0v) is 19.2. The second-order valence-electron chi connectivity index (χ2n) is 6.30. The molecule has 0 aromatic heterocycles. The smallest absolute Gasteiger partial charge is 0.115 e. The van der Waals surface area contributed by atoms with Crippen LogP contribution in [0.4, 0.5) is 0 Å². The van der Waals surface area contributed by atoms with Gasteiger partial charge in [0.05, 0.1) is 6.16 Å². The highest BCUT2D eigenvalue weighted by Crippen LogP contribution is 2.55. The number of unbranched alkanes of at least 4 members (excludes halogenated alkanes) is 1. The Bertz CT molecular complexity index is 707. The molecule has 140 valence electrons. The molecule has 27 heavy (non-hydrogen) atoms. The molecule has 0 bridgehead atoms. The number of hydrogen-bond acceptors (Lipinski definition) is 0. The summed E-state index contributed by atoms with van der Waals surface area (Å²) >= 11 is 2.46. The summed E-state index contributed by atoms with van der Waals surface area (Å²) in [4.78, 5) is 0. The second kappa shape index (κ2) is 11.6. The normalized spacial score (nSPS) is 11.3. The van der Waals surface area contributed by atoms with E-state index in [1.54, 1.807) is 0 Å². The van der Waals surface area contributed by atoms with Crippen LogP contribution in [-0.4, -0.2) is 10.6 Å². The number of hydrogen-bond donors (Lipinski definition) is 0. The minimum Gasteiger partial charge on any atom is -1.00 e. The second-order valence-corrected chi connectivity index (χ2v) is 10.9. The summed E-state index contributed by atoms with van der Waals surface area (Å²) in [5.41, 5.74) is 0. The SMILES string of the molecule is ICCCC=CC[P+](c1ccccc1)(c1ccccc1)c1ccccc1.[Cl-]. The standard InChI is InChI=1S/C24H25IP.ClH/c25-20-12-1-2-13-21-26(22-14-6-3-7-15-22,23-16-8-4-9-17-23)24-18-10-5-11-19-24;/h2-11,13-19H,1,12,20-21H2;1H/q+1;/p-1. The summed E-state index contributed by atoms with van der Waals surface area (Å²) in [5, 5.41) is 4.36. The molecule has 0 aliphatic heterocycles. The summed E-state index contributed by atoms with van der Waals surface area (Å²) in [7, 11) is -1.69. The van der Waals surface area contributed by atoms with Gasteiger partial charge in [0.25, 0.3) is 0 Å². The quantitative estimate of drug-likeness (QED) is 0.145. The van der Waals surface area contributed by atoms with Crippen LogP contribution in [0, 0.1) is 0 Å². The van der Waals surface area contributed by atoms with Gasteiger partial charge in [-0.05, 0) is 53.7 Å². The van der Waals surface area contributed by atoms with E-state index in [1.807, 2.05) is 0 Å². The fourth-order valence-electron chi connectivity index (χ4n) is 3.36. The third kappa shape index (κ3) is 5.44. The predicted octanol–water partition coefficient (Wildman–Crippen LogP) is 2.76. The van der Waals surface area contributed by atoms with Gasteiger partial charge in [0.2, 0.25) is 0 Å². The Morgan fingerprint density at radius 3 is 1.41 bits per heavy atom. The topological polar surface area (TPSA) is 0 Å². The first kappa shape index (κ1) is 22.1. The third-order valence-corrected chi connectivity index (χ3v) is 9.70. The first-order valence-electron chi connectivity index (χ1n) is 9.14. The Morgan fingerprint density at radius 1 is 0.630 bits per heavy atom. The predicted molar refractivity (Wildman–Crippen MR) is 127 cm³/mol. The first-order valence-corrected chi connectivity index (χ1v) is 12.6. The van der Waals surface area contributed by atoms with Crippen molar-refractivity contribution >= 4 is 45.8 Å². The molecule has 0 aliphatic rings. The summed E-state index contributed by atoms with van der Waals surface area (Å²) in [5.74, 6) is 0. The highest BCUT2D eigenvalue weighted by molar-refractivity contribution is 14.1. The highest BCUT2D eigenvalue weighted by Gasteiger charge is 2.43. The number of halogens is 2. The van der Waals surface area contributed by atoms with Gasteiger partial charge in [-0.3, -0.25) is 0 Å². The average molecular weight is 507 g/mol. The van der Waals surface area contributed by atoms with Crippen LogP contribution in [0.25, 0.3) is 0 Å². The zero-order valence-electron chi connectivity index (χ0n) is 15.3. The average Bonchev–Trinajstić information content (AvgIpc) is 2.73. The van der Waals surface area contributed by atoms with Crippen molar-refractivity contribution in [3.63, 3.8) is 0 Å². The molecule has 0 heterocycles. The van der Waals surface area contributed by atoms with E-state index in [1.165, 1.54) is 33.2 Å². The molecule has 0 saturated heterocycles. The van der Waals surface area contributed by atoms with Crippen molar-refractivity contribution in [1.82, 2.24) is 0 Å². The van der Waals surface area contributed by atoms with Crippen LogP contribution in [0.15, 0.2) is 103 Å². The van der Waals surface area contributed by atoms with Gasteiger partial charge in [-0.15, -0.1) is 0 Å². The van der Waals surface area contributed by atoms with Gasteiger partial charge in [-0.1, -0.05) is 89.3 Å². The van der Waals surface area contributed by atoms with Gasteiger partial charge in [-0.2, -0.15) is 0 Å². The molecule has 0 nitrogen and oxygen atoms in total. The lowest BCUT2D eigenvalue weighted by Crippen LogP contribution is -3.00. The van der Waals surface area contributed by atoms with Crippen LogP contribution in [0.3, 0.4) is 0 Å². The highest BCUT2D eigenvalue weighted by atomic mass is 127. The molecule has 3 heteroatoms. The number of benzene rings is 3. The van der Waals surface area contributed by atoms with E-state index < -0.39 is 7.26 Å². The van der Waals surface area contributed by atoms with Crippen LogP contribution in [0.2, 0.25) is 0 Å². The molecular formula is C24H25ClIP. The molecule has 0 unspecified atom stereocenters. The lowest BCUT2D eigenvalue weighted by Gasteiger charge is -2.26. The van der Waals surface area contributed by atoms with E-state index in [9.17, 15) is 0 Å². The number of allylic oxidation sites excluding steroid dienone is 2. The van der Waals surface area contributed by atoms with Crippen LogP contribution in [0.5, 0.6) is 0 Å². The van der Waals surface area contributed by atoms with Gasteiger partial charge in [0, 0.05) is 0 Å². The Labute approximate surface area is 184 Å². The van der Waals surface area contributed by atoms with Crippen LogP contribution in [-0.2, 0) is 0 Å². The van der Waals surface area contributed by atoms with Crippen molar-refractivity contribution in [2.24, 2.45) is 0 Å². The molecule has 0 N–H and O–H groups in total. The van der Waals surface area contributed by atoms with Gasteiger partial charge in [-0.25, -0.2) is 0 Å². The molecule has 0 spiro atoms. The molecule has 0 aliphatic carbocycles. The zero-order chi connectivity index (χ0) is 18.1. The maximum Gasteiger partial charge on any atom is 0.115 e. The van der Waals surface area contributed by atoms with Gasteiger partial charge in [0.15, 0.2) is 0 Å². The number of alkyl halides is 1. The van der Waals surface area contributed by atoms with Crippen LogP contribution < -0.4 is 28.3 Å². The van der Waals surface area contributed by atoms with E-state index in [4.69, 9.17) is 0 Å². The monoisotopic (exact) mass is 506 g/mol. The molecule has 0 amide bonds. The van der Waals surface area contributed by atoms with Crippen LogP contribution >= 0.6 is 29.9 Å². The molecule has 0 atom stereocenters. The summed E-state index contributed by atoms with van der Waals surface area (Å²) in [6.07, 6.45) is 8.30. The minimum absolute atomic E-state index is 0. The minimum atomic E-state index is -1.69. The van der Waals surface area contributed by atoms with Crippen molar-refractivity contribution in [2.45, 2.75) is 12.8 Å². The Balaban J connectivity index is 0.00000261. The number of rotatable bonds is 8. The van der Waals surface area contributed by atoms with Gasteiger partial charge >= 0.3 is 0 Å². The van der Waals surface area contributed by atoms with Crippen LogP contribution in [0.1, 0.15) is 12.8 Å². The Morgan fingerprint density at radius 2 is 1.04 bits per heavy atom. The third-order valence-electron chi connectivity index (χ3n) is 4.64. The van der Waals surface area contributed by atoms with E-state index >= 15 is 0 Å². The fraction of sp³-hybridized carbons (Fsp3) is 0.167.